The molecule has 0 bridgehead atoms. The Morgan fingerprint density at radius 2 is 1.88 bits per heavy atom. The van der Waals surface area contributed by atoms with Crippen LogP contribution in [0.1, 0.15) is 35.8 Å². The third kappa shape index (κ3) is 4.80. The van der Waals surface area contributed by atoms with E-state index in [1.807, 2.05) is 18.2 Å². The molecule has 1 N–H and O–H groups in total. The number of nitrogens with one attached hydrogen (secondary N) is 1. The first-order valence-corrected chi connectivity index (χ1v) is 10.9. The average molecular weight is 456 g/mol. The van der Waals surface area contributed by atoms with Crippen molar-refractivity contribution in [3.8, 4) is 17.2 Å². The number of ether oxygens (including phenoxy) is 4. The molecule has 1 aliphatic heterocycles. The summed E-state index contributed by atoms with van der Waals surface area (Å²) in [7, 11) is 3.21. The van der Waals surface area contributed by atoms with E-state index < -0.39 is 5.97 Å². The van der Waals surface area contributed by atoms with E-state index in [2.05, 4.69) is 15.0 Å². The summed E-state index contributed by atoms with van der Waals surface area (Å²) < 4.78 is 23.4. The van der Waals surface area contributed by atoms with Gasteiger partial charge in [-0.2, -0.15) is 0 Å². The molecule has 3 aromatic rings. The summed E-state index contributed by atoms with van der Waals surface area (Å²) in [5.41, 5.74) is 0.856. The standard InChI is InChI=1S/C23H28N4O6/c1-4-32-23(29)17-13-24-27-20(28)12-15(25-22(17)27)14-26-10-8-16(9-11-26)33-21-18(30-2)6-5-7-19(21)31-3/h5-7,12-13,16,24H,4,8-11,14H2,1-3H3. The van der Waals surface area contributed by atoms with Crippen molar-refractivity contribution in [2.45, 2.75) is 32.4 Å². The summed E-state index contributed by atoms with van der Waals surface area (Å²) in [6.07, 6.45) is 3.08. The summed E-state index contributed by atoms with van der Waals surface area (Å²) in [5, 5.41) is 2.76. The van der Waals surface area contributed by atoms with E-state index in [4.69, 9.17) is 18.9 Å². The normalized spacial score (nSPS) is 14.9. The molecule has 10 nitrogen and oxygen atoms in total. The van der Waals surface area contributed by atoms with Gasteiger partial charge in [-0.3, -0.25) is 14.8 Å². The van der Waals surface area contributed by atoms with Crippen LogP contribution in [0.2, 0.25) is 0 Å². The molecule has 0 saturated carbocycles. The number of rotatable bonds is 8. The van der Waals surface area contributed by atoms with E-state index in [9.17, 15) is 9.59 Å². The van der Waals surface area contributed by atoms with E-state index >= 15 is 0 Å². The molecule has 33 heavy (non-hydrogen) atoms. The van der Waals surface area contributed by atoms with Gasteiger partial charge in [-0.05, 0) is 31.9 Å². The molecule has 10 heteroatoms. The number of carbonyl (C=O) groups is 1. The van der Waals surface area contributed by atoms with Gasteiger partial charge in [0.25, 0.3) is 5.56 Å². The average Bonchev–Trinajstić information content (AvgIpc) is 3.25. The number of piperidine rings is 1. The minimum Gasteiger partial charge on any atom is -0.493 e. The third-order valence-electron chi connectivity index (χ3n) is 5.63. The Labute approximate surface area is 191 Å². The second-order valence-electron chi connectivity index (χ2n) is 7.74. The van der Waals surface area contributed by atoms with Crippen molar-refractivity contribution in [1.82, 2.24) is 19.5 Å². The quantitative estimate of drug-likeness (QED) is 0.515. The molecule has 0 atom stereocenters. The Bertz CT molecular complexity index is 1160. The SMILES string of the molecule is CCOC(=O)c1c[nH]n2c(=O)cc(CN3CCC(Oc4c(OC)cccc4OC)CC3)nc12. The maximum Gasteiger partial charge on any atom is 0.343 e. The molecule has 1 fully saturated rings. The molecule has 2 aromatic heterocycles. The Kier molecular flexibility index (Phi) is 6.83. The summed E-state index contributed by atoms with van der Waals surface area (Å²) in [5.74, 6) is 1.38. The van der Waals surface area contributed by atoms with Crippen LogP contribution in [-0.4, -0.2) is 65.5 Å². The fourth-order valence-electron chi connectivity index (χ4n) is 3.98. The lowest BCUT2D eigenvalue weighted by Gasteiger charge is -2.32. The lowest BCUT2D eigenvalue weighted by Crippen LogP contribution is -2.38. The molecule has 1 aromatic carbocycles. The third-order valence-corrected chi connectivity index (χ3v) is 5.63. The molecule has 0 spiro atoms. The highest BCUT2D eigenvalue weighted by atomic mass is 16.5. The summed E-state index contributed by atoms with van der Waals surface area (Å²) in [6.45, 7) is 4.04. The van der Waals surface area contributed by atoms with Crippen LogP contribution >= 0.6 is 0 Å². The van der Waals surface area contributed by atoms with Crippen LogP contribution in [-0.2, 0) is 11.3 Å². The number of aromatic nitrogens is 3. The van der Waals surface area contributed by atoms with Gasteiger partial charge in [-0.1, -0.05) is 6.07 Å². The zero-order chi connectivity index (χ0) is 23.4. The molecule has 0 radical (unpaired) electrons. The van der Waals surface area contributed by atoms with Crippen molar-refractivity contribution in [3.63, 3.8) is 0 Å². The Balaban J connectivity index is 1.43. The van der Waals surface area contributed by atoms with Crippen molar-refractivity contribution in [2.24, 2.45) is 0 Å². The van der Waals surface area contributed by atoms with Crippen LogP contribution in [0.5, 0.6) is 17.2 Å². The van der Waals surface area contributed by atoms with Crippen LogP contribution in [0.15, 0.2) is 35.3 Å². The summed E-state index contributed by atoms with van der Waals surface area (Å²) in [4.78, 5) is 31.4. The highest BCUT2D eigenvalue weighted by Gasteiger charge is 2.24. The molecular formula is C23H28N4O6. The highest BCUT2D eigenvalue weighted by molar-refractivity contribution is 5.95. The minimum atomic E-state index is -0.509. The predicted octanol–water partition coefficient (Wildman–Crippen LogP) is 2.26. The van der Waals surface area contributed by atoms with Crippen molar-refractivity contribution in [2.75, 3.05) is 33.9 Å². The van der Waals surface area contributed by atoms with E-state index in [1.54, 1.807) is 21.1 Å². The number of para-hydroxylation sites is 1. The van der Waals surface area contributed by atoms with Crippen LogP contribution in [0.25, 0.3) is 5.65 Å². The number of hydrogen-bond donors (Lipinski definition) is 1. The summed E-state index contributed by atoms with van der Waals surface area (Å²) >= 11 is 0. The minimum absolute atomic E-state index is 0.0209. The molecule has 0 unspecified atom stereocenters. The van der Waals surface area contributed by atoms with Gasteiger partial charge in [0, 0.05) is 31.9 Å². The first-order chi connectivity index (χ1) is 16.0. The van der Waals surface area contributed by atoms with Crippen LogP contribution in [0.3, 0.4) is 0 Å². The van der Waals surface area contributed by atoms with Gasteiger partial charge >= 0.3 is 5.97 Å². The van der Waals surface area contributed by atoms with Crippen molar-refractivity contribution in [3.05, 3.63) is 52.1 Å². The zero-order valence-electron chi connectivity index (χ0n) is 19.0. The number of methoxy groups -OCH3 is 2. The number of H-pyrrole nitrogens is 1. The number of hydrogen-bond acceptors (Lipinski definition) is 8. The van der Waals surface area contributed by atoms with Gasteiger partial charge < -0.3 is 18.9 Å². The van der Waals surface area contributed by atoms with E-state index in [0.29, 0.717) is 29.5 Å². The van der Waals surface area contributed by atoms with Gasteiger partial charge in [-0.25, -0.2) is 14.3 Å². The number of nitrogens with zero attached hydrogens (tertiary/aromatic N) is 3. The van der Waals surface area contributed by atoms with Crippen molar-refractivity contribution in [1.29, 1.82) is 0 Å². The smallest absolute Gasteiger partial charge is 0.343 e. The predicted molar refractivity (Wildman–Crippen MR) is 120 cm³/mol. The van der Waals surface area contributed by atoms with E-state index in [1.165, 1.54) is 16.8 Å². The lowest BCUT2D eigenvalue weighted by atomic mass is 10.1. The van der Waals surface area contributed by atoms with Gasteiger partial charge in [-0.15, -0.1) is 0 Å². The van der Waals surface area contributed by atoms with Crippen molar-refractivity contribution < 1.29 is 23.7 Å². The van der Waals surface area contributed by atoms with Crippen LogP contribution in [0.4, 0.5) is 0 Å². The van der Waals surface area contributed by atoms with E-state index in [0.717, 1.165) is 25.9 Å². The second-order valence-corrected chi connectivity index (χ2v) is 7.74. The molecule has 1 saturated heterocycles. The summed E-state index contributed by atoms with van der Waals surface area (Å²) in [6, 6.07) is 7.04. The maximum atomic E-state index is 12.5. The number of likely N-dealkylation sites (tertiary alicyclic amines) is 1. The number of esters is 1. The fourth-order valence-corrected chi connectivity index (χ4v) is 3.98. The van der Waals surface area contributed by atoms with Crippen molar-refractivity contribution >= 4 is 11.6 Å². The lowest BCUT2D eigenvalue weighted by molar-refractivity contribution is 0.0528. The molecule has 0 amide bonds. The largest absolute Gasteiger partial charge is 0.493 e. The van der Waals surface area contributed by atoms with Gasteiger partial charge in [0.1, 0.15) is 11.7 Å². The molecular weight excluding hydrogens is 428 g/mol. The Hall–Kier alpha value is -3.53. The van der Waals surface area contributed by atoms with Gasteiger partial charge in [0.2, 0.25) is 5.75 Å². The zero-order valence-corrected chi connectivity index (χ0v) is 19.0. The number of fused-ring (bicyclic) bond motifs is 1. The Morgan fingerprint density at radius 3 is 2.52 bits per heavy atom. The van der Waals surface area contributed by atoms with Gasteiger partial charge in [0.15, 0.2) is 17.1 Å². The Morgan fingerprint density at radius 1 is 1.18 bits per heavy atom. The fraction of sp³-hybridized carbons (Fsp3) is 0.435. The van der Waals surface area contributed by atoms with E-state index in [-0.39, 0.29) is 29.5 Å². The molecule has 3 heterocycles. The van der Waals surface area contributed by atoms with Crippen LogP contribution < -0.4 is 19.8 Å². The highest BCUT2D eigenvalue weighted by Crippen LogP contribution is 2.38. The molecule has 4 rings (SSSR count). The molecule has 0 aliphatic carbocycles. The van der Waals surface area contributed by atoms with Gasteiger partial charge in [0.05, 0.1) is 26.5 Å². The second kappa shape index (κ2) is 9.95. The van der Waals surface area contributed by atoms with Crippen LogP contribution in [0, 0.1) is 0 Å². The number of benzene rings is 1. The first kappa shape index (κ1) is 22.7. The molecule has 1 aliphatic rings. The molecule has 176 valence electrons. The first-order valence-electron chi connectivity index (χ1n) is 10.9. The topological polar surface area (TPSA) is 107 Å². The number of aromatic amines is 1. The monoisotopic (exact) mass is 456 g/mol. The number of carbonyl (C=O) groups excluding carboxylic acids is 1. The maximum absolute atomic E-state index is 12.5.